The maximum atomic E-state index is 11.4. The van der Waals surface area contributed by atoms with Crippen LogP contribution in [0.3, 0.4) is 0 Å². The van der Waals surface area contributed by atoms with Crippen LogP contribution < -0.4 is 0 Å². The van der Waals surface area contributed by atoms with Crippen LogP contribution in [0, 0.1) is 0 Å². The molecule has 17 heavy (non-hydrogen) atoms. The van der Waals surface area contributed by atoms with Crippen LogP contribution in [0.5, 0.6) is 0 Å². The van der Waals surface area contributed by atoms with E-state index in [0.29, 0.717) is 6.42 Å². The lowest BCUT2D eigenvalue weighted by atomic mass is 9.93. The van der Waals surface area contributed by atoms with Gasteiger partial charge in [-0.2, -0.15) is 0 Å². The number of nitrogens with zero attached hydrogens (tertiary/aromatic N) is 1. The third-order valence-corrected chi connectivity index (χ3v) is 3.78. The zero-order chi connectivity index (χ0) is 12.9. The van der Waals surface area contributed by atoms with Crippen molar-refractivity contribution in [1.82, 2.24) is 4.90 Å². The van der Waals surface area contributed by atoms with Crippen molar-refractivity contribution >= 4 is 5.97 Å². The van der Waals surface area contributed by atoms with Gasteiger partial charge in [-0.05, 0) is 39.2 Å². The van der Waals surface area contributed by atoms with Gasteiger partial charge in [-0.3, -0.25) is 9.69 Å². The Kier molecular flexibility index (Phi) is 5.40. The Bertz CT molecular complexity index is 257. The van der Waals surface area contributed by atoms with Crippen molar-refractivity contribution in [1.29, 1.82) is 0 Å². The molecule has 100 valence electrons. The molecule has 4 heteroatoms. The molecule has 0 saturated carbocycles. The van der Waals surface area contributed by atoms with Gasteiger partial charge in [0.2, 0.25) is 0 Å². The molecule has 0 radical (unpaired) electrons. The van der Waals surface area contributed by atoms with Crippen LogP contribution in [0.4, 0.5) is 0 Å². The Hall–Kier alpha value is -0.610. The number of carboxylic acid groups (broad SMARTS) is 1. The molecule has 1 heterocycles. The Labute approximate surface area is 104 Å². The van der Waals surface area contributed by atoms with Crippen LogP contribution in [0.15, 0.2) is 0 Å². The summed E-state index contributed by atoms with van der Waals surface area (Å²) in [6.45, 7) is 8.23. The Morgan fingerprint density at radius 2 is 2.24 bits per heavy atom. The second kappa shape index (κ2) is 6.36. The number of likely N-dealkylation sites (tertiary alicyclic amines) is 1. The third kappa shape index (κ3) is 3.42. The first kappa shape index (κ1) is 14.5. The van der Waals surface area contributed by atoms with E-state index in [1.165, 1.54) is 0 Å². The van der Waals surface area contributed by atoms with Crippen molar-refractivity contribution in [2.24, 2.45) is 0 Å². The van der Waals surface area contributed by atoms with Crippen molar-refractivity contribution in [2.45, 2.75) is 58.1 Å². The normalized spacial score (nSPS) is 25.5. The van der Waals surface area contributed by atoms with Crippen molar-refractivity contribution < 1.29 is 14.6 Å². The first-order chi connectivity index (χ1) is 8.04. The van der Waals surface area contributed by atoms with Crippen LogP contribution in [0.1, 0.15) is 46.5 Å². The van der Waals surface area contributed by atoms with Crippen molar-refractivity contribution in [3.63, 3.8) is 0 Å². The van der Waals surface area contributed by atoms with Crippen molar-refractivity contribution in [2.75, 3.05) is 19.7 Å². The zero-order valence-electron chi connectivity index (χ0n) is 11.2. The Morgan fingerprint density at radius 3 is 2.76 bits per heavy atom. The SMILES string of the molecule is CCCOC1CCCN(C(C)(CC)C(=O)O)C1. The fraction of sp³-hybridized carbons (Fsp3) is 0.923. The highest BCUT2D eigenvalue weighted by Crippen LogP contribution is 2.25. The number of aliphatic carboxylic acids is 1. The predicted octanol–water partition coefficient (Wildman–Crippen LogP) is 2.13. The second-order valence-electron chi connectivity index (χ2n) is 5.01. The van der Waals surface area contributed by atoms with Gasteiger partial charge in [0.1, 0.15) is 5.54 Å². The average Bonchev–Trinajstić information content (AvgIpc) is 2.35. The predicted molar refractivity (Wildman–Crippen MR) is 67.2 cm³/mol. The molecule has 0 bridgehead atoms. The molecule has 1 aliphatic heterocycles. The van der Waals surface area contributed by atoms with Gasteiger partial charge in [-0.1, -0.05) is 13.8 Å². The van der Waals surface area contributed by atoms with Gasteiger partial charge in [0.15, 0.2) is 0 Å². The number of ether oxygens (including phenoxy) is 1. The van der Waals surface area contributed by atoms with Gasteiger partial charge in [0, 0.05) is 13.2 Å². The topological polar surface area (TPSA) is 49.8 Å². The van der Waals surface area contributed by atoms with Crippen molar-refractivity contribution in [3.05, 3.63) is 0 Å². The van der Waals surface area contributed by atoms with E-state index < -0.39 is 11.5 Å². The van der Waals surface area contributed by atoms with Gasteiger partial charge >= 0.3 is 5.97 Å². The summed E-state index contributed by atoms with van der Waals surface area (Å²) in [5.41, 5.74) is -0.742. The first-order valence-corrected chi connectivity index (χ1v) is 6.64. The minimum absolute atomic E-state index is 0.203. The van der Waals surface area contributed by atoms with Gasteiger partial charge in [0.25, 0.3) is 0 Å². The molecule has 1 N–H and O–H groups in total. The highest BCUT2D eigenvalue weighted by Gasteiger charge is 2.40. The molecule has 4 nitrogen and oxygen atoms in total. The maximum Gasteiger partial charge on any atom is 0.323 e. The molecule has 2 unspecified atom stereocenters. The molecule has 0 amide bonds. The van der Waals surface area contributed by atoms with Crippen LogP contribution in [-0.4, -0.2) is 47.3 Å². The van der Waals surface area contributed by atoms with E-state index >= 15 is 0 Å². The van der Waals surface area contributed by atoms with E-state index in [-0.39, 0.29) is 6.10 Å². The average molecular weight is 243 g/mol. The summed E-state index contributed by atoms with van der Waals surface area (Å²) in [5, 5.41) is 9.36. The molecule has 2 atom stereocenters. The molecule has 0 aromatic rings. The molecule has 1 aliphatic rings. The Balaban J connectivity index is 2.61. The van der Waals surface area contributed by atoms with E-state index in [0.717, 1.165) is 39.0 Å². The molecule has 0 aromatic carbocycles. The van der Waals surface area contributed by atoms with Gasteiger partial charge in [0.05, 0.1) is 6.10 Å². The van der Waals surface area contributed by atoms with Crippen molar-refractivity contribution in [3.8, 4) is 0 Å². The quantitative estimate of drug-likeness (QED) is 0.776. The molecule has 0 spiro atoms. The summed E-state index contributed by atoms with van der Waals surface area (Å²) < 4.78 is 5.75. The minimum Gasteiger partial charge on any atom is -0.480 e. The molecule has 0 aliphatic carbocycles. The Morgan fingerprint density at radius 1 is 1.53 bits per heavy atom. The maximum absolute atomic E-state index is 11.4. The number of rotatable bonds is 6. The van der Waals surface area contributed by atoms with Crippen LogP contribution in [0.25, 0.3) is 0 Å². The second-order valence-corrected chi connectivity index (χ2v) is 5.01. The number of hydrogen-bond acceptors (Lipinski definition) is 3. The summed E-state index contributed by atoms with van der Waals surface area (Å²) in [6, 6.07) is 0. The van der Waals surface area contributed by atoms with E-state index in [2.05, 4.69) is 11.8 Å². The molecule has 0 aromatic heterocycles. The lowest BCUT2D eigenvalue weighted by Crippen LogP contribution is -2.56. The summed E-state index contributed by atoms with van der Waals surface area (Å²) in [7, 11) is 0. The minimum atomic E-state index is -0.742. The molecule has 1 fully saturated rings. The summed E-state index contributed by atoms with van der Waals surface area (Å²) in [5.74, 6) is -0.726. The van der Waals surface area contributed by atoms with Crippen LogP contribution in [0.2, 0.25) is 0 Å². The van der Waals surface area contributed by atoms with E-state index in [1.807, 2.05) is 13.8 Å². The van der Waals surface area contributed by atoms with Crippen LogP contribution >= 0.6 is 0 Å². The monoisotopic (exact) mass is 243 g/mol. The number of carbonyl (C=O) groups is 1. The van der Waals surface area contributed by atoms with E-state index in [4.69, 9.17) is 4.74 Å². The number of piperidine rings is 1. The lowest BCUT2D eigenvalue weighted by Gasteiger charge is -2.42. The summed E-state index contributed by atoms with van der Waals surface area (Å²) in [4.78, 5) is 13.5. The fourth-order valence-corrected chi connectivity index (χ4v) is 2.32. The standard InChI is InChI=1S/C13H25NO3/c1-4-9-17-11-7-6-8-14(10-11)13(3,5-2)12(15)16/h11H,4-10H2,1-3H3,(H,15,16). The molecular weight excluding hydrogens is 218 g/mol. The summed E-state index contributed by atoms with van der Waals surface area (Å²) in [6.07, 6.45) is 3.92. The summed E-state index contributed by atoms with van der Waals surface area (Å²) >= 11 is 0. The smallest absolute Gasteiger partial charge is 0.323 e. The number of hydrogen-bond donors (Lipinski definition) is 1. The highest BCUT2D eigenvalue weighted by atomic mass is 16.5. The molecule has 1 saturated heterocycles. The van der Waals surface area contributed by atoms with Gasteiger partial charge in [-0.15, -0.1) is 0 Å². The molecular formula is C13H25NO3. The van der Waals surface area contributed by atoms with Gasteiger partial charge in [-0.25, -0.2) is 0 Å². The van der Waals surface area contributed by atoms with Gasteiger partial charge < -0.3 is 9.84 Å². The van der Waals surface area contributed by atoms with E-state index in [9.17, 15) is 9.90 Å². The third-order valence-electron chi connectivity index (χ3n) is 3.78. The highest BCUT2D eigenvalue weighted by molar-refractivity contribution is 5.78. The zero-order valence-corrected chi connectivity index (χ0v) is 11.2. The number of carboxylic acids is 1. The largest absolute Gasteiger partial charge is 0.480 e. The fourth-order valence-electron chi connectivity index (χ4n) is 2.32. The molecule has 1 rings (SSSR count). The van der Waals surface area contributed by atoms with Crippen LogP contribution in [-0.2, 0) is 9.53 Å². The van der Waals surface area contributed by atoms with E-state index in [1.54, 1.807) is 0 Å². The first-order valence-electron chi connectivity index (χ1n) is 6.64. The lowest BCUT2D eigenvalue weighted by molar-refractivity contribution is -0.153.